The Morgan fingerprint density at radius 2 is 1.21 bits per heavy atom. The van der Waals surface area contributed by atoms with Crippen molar-refractivity contribution in [2.75, 3.05) is 0 Å². The van der Waals surface area contributed by atoms with Crippen molar-refractivity contribution in [1.82, 2.24) is 0 Å². The van der Waals surface area contributed by atoms with Gasteiger partial charge >= 0.3 is 11.9 Å². The van der Waals surface area contributed by atoms with Gasteiger partial charge in [0.25, 0.3) is 0 Å². The van der Waals surface area contributed by atoms with Crippen LogP contribution in [-0.2, 0) is 0 Å². The zero-order valence-electron chi connectivity index (χ0n) is 11.6. The lowest BCUT2D eigenvalue weighted by atomic mass is 10.1. The van der Waals surface area contributed by atoms with Crippen LogP contribution in [0, 0.1) is 0 Å². The van der Waals surface area contributed by atoms with Crippen molar-refractivity contribution in [3.63, 3.8) is 0 Å². The second-order valence-electron chi connectivity index (χ2n) is 4.52. The number of carboxylic acid groups (broad SMARTS) is 2. The molecule has 2 aromatic carbocycles. The molecule has 0 radical (unpaired) electrons. The predicted molar refractivity (Wildman–Crippen MR) is 75.2 cm³/mol. The molecule has 0 saturated carbocycles. The number of ether oxygens (including phenoxy) is 1. The molecule has 0 saturated heterocycles. The SMILES string of the molecule is O=C(O)c1cc(O)c(O)cc1Oc1c(C(=O)O)cc(O)c(O)c1O. The fraction of sp³-hybridized carbons (Fsp3) is 0. The normalized spacial score (nSPS) is 10.3. The Balaban J connectivity index is 2.68. The van der Waals surface area contributed by atoms with Crippen LogP contribution in [0.4, 0.5) is 0 Å². The number of hydrogen-bond acceptors (Lipinski definition) is 8. The first kappa shape index (κ1) is 16.5. The van der Waals surface area contributed by atoms with E-state index in [0.717, 1.165) is 0 Å². The lowest BCUT2D eigenvalue weighted by molar-refractivity contribution is 0.0687. The molecule has 0 aromatic heterocycles. The number of benzene rings is 2. The molecule has 0 fully saturated rings. The van der Waals surface area contributed by atoms with Crippen molar-refractivity contribution in [2.45, 2.75) is 0 Å². The third-order valence-corrected chi connectivity index (χ3v) is 2.96. The summed E-state index contributed by atoms with van der Waals surface area (Å²) < 4.78 is 5.01. The zero-order valence-corrected chi connectivity index (χ0v) is 11.6. The van der Waals surface area contributed by atoms with E-state index in [1.807, 2.05) is 0 Å². The van der Waals surface area contributed by atoms with E-state index in [9.17, 15) is 35.1 Å². The van der Waals surface area contributed by atoms with E-state index in [2.05, 4.69) is 0 Å². The fourth-order valence-electron chi connectivity index (χ4n) is 1.81. The number of carbonyl (C=O) groups is 2. The van der Waals surface area contributed by atoms with Crippen LogP contribution < -0.4 is 4.74 Å². The molecule has 0 aliphatic rings. The molecule has 10 nitrogen and oxygen atoms in total. The molecule has 2 rings (SSSR count). The van der Waals surface area contributed by atoms with Crippen LogP contribution in [0.1, 0.15) is 20.7 Å². The maximum atomic E-state index is 11.2. The number of phenols is 5. The van der Waals surface area contributed by atoms with Gasteiger partial charge < -0.3 is 40.5 Å². The molecule has 7 N–H and O–H groups in total. The third kappa shape index (κ3) is 2.75. The first-order valence-corrected chi connectivity index (χ1v) is 6.11. The van der Waals surface area contributed by atoms with Gasteiger partial charge in [-0.1, -0.05) is 0 Å². The average Bonchev–Trinajstić information content (AvgIpc) is 2.50. The molecule has 10 heteroatoms. The molecule has 0 amide bonds. The second-order valence-corrected chi connectivity index (χ2v) is 4.52. The van der Waals surface area contributed by atoms with Crippen molar-refractivity contribution < 1.29 is 50.1 Å². The quantitative estimate of drug-likeness (QED) is 0.402. The number of aromatic carboxylic acids is 2. The molecule has 0 unspecified atom stereocenters. The van der Waals surface area contributed by atoms with Gasteiger partial charge in [-0.2, -0.15) is 0 Å². The Morgan fingerprint density at radius 1 is 0.708 bits per heavy atom. The van der Waals surface area contributed by atoms with E-state index in [4.69, 9.17) is 14.9 Å². The minimum Gasteiger partial charge on any atom is -0.504 e. The van der Waals surface area contributed by atoms with E-state index in [1.54, 1.807) is 0 Å². The molecule has 0 aliphatic carbocycles. The molecule has 2 aromatic rings. The Labute approximate surface area is 132 Å². The molecule has 0 spiro atoms. The summed E-state index contributed by atoms with van der Waals surface area (Å²) in [7, 11) is 0. The van der Waals surface area contributed by atoms with Crippen LogP contribution in [0.25, 0.3) is 0 Å². The topological polar surface area (TPSA) is 185 Å². The van der Waals surface area contributed by atoms with Gasteiger partial charge in [0.2, 0.25) is 11.5 Å². The van der Waals surface area contributed by atoms with Gasteiger partial charge in [0, 0.05) is 18.2 Å². The Morgan fingerprint density at radius 3 is 1.75 bits per heavy atom. The number of rotatable bonds is 4. The predicted octanol–water partition coefficient (Wildman–Crippen LogP) is 1.40. The van der Waals surface area contributed by atoms with Crippen LogP contribution >= 0.6 is 0 Å². The number of carboxylic acids is 2. The summed E-state index contributed by atoms with van der Waals surface area (Å²) in [6.45, 7) is 0. The van der Waals surface area contributed by atoms with Crippen LogP contribution in [0.15, 0.2) is 18.2 Å². The molecule has 0 heterocycles. The van der Waals surface area contributed by atoms with E-state index in [0.29, 0.717) is 18.2 Å². The van der Waals surface area contributed by atoms with E-state index >= 15 is 0 Å². The van der Waals surface area contributed by atoms with Crippen LogP contribution in [-0.4, -0.2) is 47.7 Å². The van der Waals surface area contributed by atoms with E-state index in [1.165, 1.54) is 0 Å². The van der Waals surface area contributed by atoms with E-state index < -0.39 is 63.3 Å². The van der Waals surface area contributed by atoms with Crippen LogP contribution in [0.3, 0.4) is 0 Å². The zero-order chi connectivity index (χ0) is 18.2. The highest BCUT2D eigenvalue weighted by molar-refractivity contribution is 5.95. The van der Waals surface area contributed by atoms with Gasteiger partial charge in [0.1, 0.15) is 16.9 Å². The lowest BCUT2D eigenvalue weighted by Gasteiger charge is -2.14. The summed E-state index contributed by atoms with van der Waals surface area (Å²) in [6, 6.07) is 1.89. The first-order valence-electron chi connectivity index (χ1n) is 6.11. The molecular weight excluding hydrogens is 328 g/mol. The monoisotopic (exact) mass is 338 g/mol. The van der Waals surface area contributed by atoms with Gasteiger partial charge in [0.05, 0.1) is 0 Å². The molecule has 0 aliphatic heterocycles. The van der Waals surface area contributed by atoms with Crippen molar-refractivity contribution in [2.24, 2.45) is 0 Å². The molecule has 126 valence electrons. The number of aromatic hydroxyl groups is 5. The van der Waals surface area contributed by atoms with Gasteiger partial charge in [0.15, 0.2) is 23.0 Å². The highest BCUT2D eigenvalue weighted by atomic mass is 16.5. The highest BCUT2D eigenvalue weighted by Gasteiger charge is 2.25. The Bertz CT molecular complexity index is 855. The summed E-state index contributed by atoms with van der Waals surface area (Å²) in [5.74, 6) is -9.46. The van der Waals surface area contributed by atoms with Gasteiger partial charge in [-0.3, -0.25) is 0 Å². The van der Waals surface area contributed by atoms with Gasteiger partial charge in [-0.25, -0.2) is 9.59 Å². The van der Waals surface area contributed by atoms with Crippen LogP contribution in [0.2, 0.25) is 0 Å². The first-order chi connectivity index (χ1) is 11.1. The molecular formula is C14H10O10. The standard InChI is InChI=1S/C14H10O10/c15-6-1-4(13(20)21)9(3-7(6)16)24-12-5(14(22)23)2-8(17)10(18)11(12)19/h1-3,15-19H,(H,20,21)(H,22,23). The highest BCUT2D eigenvalue weighted by Crippen LogP contribution is 2.47. The summed E-state index contributed by atoms with van der Waals surface area (Å²) in [4.78, 5) is 22.3. The summed E-state index contributed by atoms with van der Waals surface area (Å²) in [5.41, 5.74) is -1.44. The van der Waals surface area contributed by atoms with Gasteiger partial charge in [-0.05, 0) is 0 Å². The van der Waals surface area contributed by atoms with Gasteiger partial charge in [-0.15, -0.1) is 0 Å². The largest absolute Gasteiger partial charge is 0.504 e. The van der Waals surface area contributed by atoms with Crippen molar-refractivity contribution in [3.8, 4) is 40.2 Å². The summed E-state index contributed by atoms with van der Waals surface area (Å²) in [5, 5.41) is 65.5. The summed E-state index contributed by atoms with van der Waals surface area (Å²) in [6.07, 6.45) is 0. The maximum absolute atomic E-state index is 11.2. The maximum Gasteiger partial charge on any atom is 0.339 e. The molecule has 0 bridgehead atoms. The second kappa shape index (κ2) is 5.76. The molecule has 0 atom stereocenters. The average molecular weight is 338 g/mol. The minimum atomic E-state index is -1.66. The number of hydrogen-bond donors (Lipinski definition) is 7. The summed E-state index contributed by atoms with van der Waals surface area (Å²) >= 11 is 0. The molecule has 24 heavy (non-hydrogen) atoms. The van der Waals surface area contributed by atoms with E-state index in [-0.39, 0.29) is 0 Å². The minimum absolute atomic E-state index is 0.577. The van der Waals surface area contributed by atoms with Crippen molar-refractivity contribution >= 4 is 11.9 Å². The number of phenolic OH excluding ortho intramolecular Hbond substituents is 5. The fourth-order valence-corrected chi connectivity index (χ4v) is 1.81. The van der Waals surface area contributed by atoms with Crippen molar-refractivity contribution in [3.05, 3.63) is 29.3 Å². The lowest BCUT2D eigenvalue weighted by Crippen LogP contribution is -2.04. The Kier molecular flexibility index (Phi) is 3.97. The third-order valence-electron chi connectivity index (χ3n) is 2.96. The Hall–Kier alpha value is -3.82. The van der Waals surface area contributed by atoms with Crippen molar-refractivity contribution in [1.29, 1.82) is 0 Å². The smallest absolute Gasteiger partial charge is 0.339 e. The van der Waals surface area contributed by atoms with Crippen LogP contribution in [0.5, 0.6) is 40.2 Å².